The Morgan fingerprint density at radius 1 is 1.40 bits per heavy atom. The van der Waals surface area contributed by atoms with Gasteiger partial charge < -0.3 is 5.32 Å². The van der Waals surface area contributed by atoms with E-state index in [1.807, 2.05) is 12.1 Å². The predicted octanol–water partition coefficient (Wildman–Crippen LogP) is 3.27. The molecular formula is C13H18ClN. The van der Waals surface area contributed by atoms with Crippen LogP contribution in [0.1, 0.15) is 25.3 Å². The summed E-state index contributed by atoms with van der Waals surface area (Å²) in [6, 6.07) is 8.19. The van der Waals surface area contributed by atoms with Crippen molar-refractivity contribution < 1.29 is 0 Å². The molecule has 0 aromatic heterocycles. The summed E-state index contributed by atoms with van der Waals surface area (Å²) in [4.78, 5) is 0. The van der Waals surface area contributed by atoms with Crippen molar-refractivity contribution in [2.75, 3.05) is 13.1 Å². The van der Waals surface area contributed by atoms with Crippen molar-refractivity contribution in [1.82, 2.24) is 5.32 Å². The molecule has 0 amide bonds. The average Bonchev–Trinajstić information content (AvgIpc) is 2.22. The molecule has 1 unspecified atom stereocenters. The number of rotatable bonds is 2. The lowest BCUT2D eigenvalue weighted by molar-refractivity contribution is 0.235. The van der Waals surface area contributed by atoms with Gasteiger partial charge in [0.2, 0.25) is 0 Å². The second kappa shape index (κ2) is 4.54. The SMILES string of the molecule is CC1(Cc2ccccc2Cl)CCCNC1. The summed E-state index contributed by atoms with van der Waals surface area (Å²) in [7, 11) is 0. The van der Waals surface area contributed by atoms with Crippen LogP contribution >= 0.6 is 11.6 Å². The van der Waals surface area contributed by atoms with Crippen LogP contribution in [0.5, 0.6) is 0 Å². The van der Waals surface area contributed by atoms with E-state index in [0.717, 1.165) is 24.5 Å². The number of hydrogen-bond acceptors (Lipinski definition) is 1. The zero-order chi connectivity index (χ0) is 10.7. The third-order valence-corrected chi connectivity index (χ3v) is 3.63. The van der Waals surface area contributed by atoms with E-state index >= 15 is 0 Å². The fourth-order valence-corrected chi connectivity index (χ4v) is 2.57. The monoisotopic (exact) mass is 223 g/mol. The van der Waals surface area contributed by atoms with Crippen LogP contribution in [0.3, 0.4) is 0 Å². The highest BCUT2D eigenvalue weighted by molar-refractivity contribution is 6.31. The molecule has 2 rings (SSSR count). The summed E-state index contributed by atoms with van der Waals surface area (Å²) >= 11 is 6.19. The maximum Gasteiger partial charge on any atom is 0.0438 e. The number of halogens is 1. The molecule has 0 radical (unpaired) electrons. The van der Waals surface area contributed by atoms with Crippen LogP contribution in [0.4, 0.5) is 0 Å². The van der Waals surface area contributed by atoms with Crippen molar-refractivity contribution in [3.8, 4) is 0 Å². The van der Waals surface area contributed by atoms with E-state index in [2.05, 4.69) is 24.4 Å². The summed E-state index contributed by atoms with van der Waals surface area (Å²) in [6.07, 6.45) is 3.66. The molecule has 1 nitrogen and oxygen atoms in total. The standard InChI is InChI=1S/C13H18ClN/c1-13(7-4-8-15-10-13)9-11-5-2-3-6-12(11)14/h2-3,5-6,15H,4,7-10H2,1H3. The quantitative estimate of drug-likeness (QED) is 0.812. The van der Waals surface area contributed by atoms with Gasteiger partial charge in [-0.05, 0) is 42.9 Å². The lowest BCUT2D eigenvalue weighted by Gasteiger charge is -2.34. The molecule has 1 aromatic rings. The molecule has 0 aliphatic carbocycles. The third-order valence-electron chi connectivity index (χ3n) is 3.26. The molecule has 1 atom stereocenters. The van der Waals surface area contributed by atoms with E-state index in [1.165, 1.54) is 18.4 Å². The first-order valence-corrected chi connectivity index (χ1v) is 6.02. The predicted molar refractivity (Wildman–Crippen MR) is 65.4 cm³/mol. The number of hydrogen-bond donors (Lipinski definition) is 1. The Hall–Kier alpha value is -0.530. The second-order valence-corrected chi connectivity index (χ2v) is 5.27. The van der Waals surface area contributed by atoms with Gasteiger partial charge >= 0.3 is 0 Å². The molecule has 0 spiro atoms. The van der Waals surface area contributed by atoms with E-state index in [1.54, 1.807) is 0 Å². The number of nitrogens with one attached hydrogen (secondary N) is 1. The number of piperidine rings is 1. The van der Waals surface area contributed by atoms with Crippen molar-refractivity contribution in [1.29, 1.82) is 0 Å². The van der Waals surface area contributed by atoms with Crippen LogP contribution in [0.15, 0.2) is 24.3 Å². The van der Waals surface area contributed by atoms with Crippen LogP contribution in [-0.2, 0) is 6.42 Å². The Kier molecular flexibility index (Phi) is 3.32. The Labute approximate surface area is 96.8 Å². The summed E-state index contributed by atoms with van der Waals surface area (Å²) < 4.78 is 0. The van der Waals surface area contributed by atoms with Crippen molar-refractivity contribution in [3.05, 3.63) is 34.9 Å². The van der Waals surface area contributed by atoms with Crippen molar-refractivity contribution >= 4 is 11.6 Å². The molecule has 0 saturated carbocycles. The van der Waals surface area contributed by atoms with Crippen LogP contribution in [-0.4, -0.2) is 13.1 Å². The van der Waals surface area contributed by atoms with E-state index in [9.17, 15) is 0 Å². The Morgan fingerprint density at radius 2 is 2.20 bits per heavy atom. The molecule has 2 heteroatoms. The second-order valence-electron chi connectivity index (χ2n) is 4.86. The highest BCUT2D eigenvalue weighted by Gasteiger charge is 2.27. The van der Waals surface area contributed by atoms with Crippen molar-refractivity contribution in [3.63, 3.8) is 0 Å². The topological polar surface area (TPSA) is 12.0 Å². The lowest BCUT2D eigenvalue weighted by Crippen LogP contribution is -2.39. The molecular weight excluding hydrogens is 206 g/mol. The van der Waals surface area contributed by atoms with E-state index in [-0.39, 0.29) is 0 Å². The summed E-state index contributed by atoms with van der Waals surface area (Å²) in [5.74, 6) is 0. The zero-order valence-electron chi connectivity index (χ0n) is 9.22. The normalized spacial score (nSPS) is 26.5. The van der Waals surface area contributed by atoms with E-state index < -0.39 is 0 Å². The average molecular weight is 224 g/mol. The minimum Gasteiger partial charge on any atom is -0.316 e. The Bertz CT molecular complexity index is 329. The molecule has 15 heavy (non-hydrogen) atoms. The third kappa shape index (κ3) is 2.73. The van der Waals surface area contributed by atoms with Gasteiger partial charge in [0.15, 0.2) is 0 Å². The van der Waals surface area contributed by atoms with Gasteiger partial charge in [0.25, 0.3) is 0 Å². The molecule has 1 saturated heterocycles. The lowest BCUT2D eigenvalue weighted by atomic mass is 9.78. The van der Waals surface area contributed by atoms with Gasteiger partial charge in [-0.2, -0.15) is 0 Å². The van der Waals surface area contributed by atoms with E-state index in [4.69, 9.17) is 11.6 Å². The van der Waals surface area contributed by atoms with Crippen LogP contribution < -0.4 is 5.32 Å². The van der Waals surface area contributed by atoms with Gasteiger partial charge in [0.1, 0.15) is 0 Å². The van der Waals surface area contributed by atoms with Gasteiger partial charge in [0.05, 0.1) is 0 Å². The van der Waals surface area contributed by atoms with Gasteiger partial charge in [-0.15, -0.1) is 0 Å². The van der Waals surface area contributed by atoms with Crippen LogP contribution in [0.2, 0.25) is 5.02 Å². The minimum atomic E-state index is 0.378. The minimum absolute atomic E-state index is 0.378. The van der Waals surface area contributed by atoms with Crippen LogP contribution in [0.25, 0.3) is 0 Å². The molecule has 1 fully saturated rings. The summed E-state index contributed by atoms with van der Waals surface area (Å²) in [5, 5.41) is 4.38. The smallest absolute Gasteiger partial charge is 0.0438 e. The van der Waals surface area contributed by atoms with Crippen molar-refractivity contribution in [2.45, 2.75) is 26.2 Å². The Morgan fingerprint density at radius 3 is 2.87 bits per heavy atom. The maximum absolute atomic E-state index is 6.19. The molecule has 1 aromatic carbocycles. The highest BCUT2D eigenvalue weighted by Crippen LogP contribution is 2.32. The summed E-state index contributed by atoms with van der Waals surface area (Å²) in [5.41, 5.74) is 1.66. The van der Waals surface area contributed by atoms with Gasteiger partial charge in [0, 0.05) is 11.6 Å². The van der Waals surface area contributed by atoms with Crippen LogP contribution in [0, 0.1) is 5.41 Å². The molecule has 1 heterocycles. The highest BCUT2D eigenvalue weighted by atomic mass is 35.5. The molecule has 0 bridgehead atoms. The largest absolute Gasteiger partial charge is 0.316 e. The van der Waals surface area contributed by atoms with Gasteiger partial charge in [-0.1, -0.05) is 36.7 Å². The van der Waals surface area contributed by atoms with Gasteiger partial charge in [-0.3, -0.25) is 0 Å². The molecule has 82 valence electrons. The van der Waals surface area contributed by atoms with E-state index in [0.29, 0.717) is 5.41 Å². The fraction of sp³-hybridized carbons (Fsp3) is 0.538. The van der Waals surface area contributed by atoms with Crippen molar-refractivity contribution in [2.24, 2.45) is 5.41 Å². The molecule has 1 aliphatic heterocycles. The first-order valence-electron chi connectivity index (χ1n) is 5.64. The first kappa shape index (κ1) is 11.0. The molecule has 1 N–H and O–H groups in total. The summed E-state index contributed by atoms with van der Waals surface area (Å²) in [6.45, 7) is 4.62. The zero-order valence-corrected chi connectivity index (χ0v) is 9.98. The maximum atomic E-state index is 6.19. The Balaban J connectivity index is 2.10. The number of benzene rings is 1. The fourth-order valence-electron chi connectivity index (χ4n) is 2.37. The molecule has 1 aliphatic rings. The van der Waals surface area contributed by atoms with Gasteiger partial charge in [-0.25, -0.2) is 0 Å². The first-order chi connectivity index (χ1) is 7.20.